The van der Waals surface area contributed by atoms with Gasteiger partial charge in [-0.1, -0.05) is 26.0 Å². The molecule has 0 N–H and O–H groups in total. The summed E-state index contributed by atoms with van der Waals surface area (Å²) < 4.78 is 6.16. The van der Waals surface area contributed by atoms with Crippen LogP contribution in [0.3, 0.4) is 0 Å². The summed E-state index contributed by atoms with van der Waals surface area (Å²) in [6.45, 7) is 5.41. The van der Waals surface area contributed by atoms with Crippen molar-refractivity contribution in [2.24, 2.45) is 58.2 Å². The fourth-order valence-corrected chi connectivity index (χ4v) is 9.30. The number of hydrogen-bond donors (Lipinski definition) is 0. The molecule has 0 spiro atoms. The summed E-state index contributed by atoms with van der Waals surface area (Å²) in [6, 6.07) is 0. The van der Waals surface area contributed by atoms with Gasteiger partial charge in [0.2, 0.25) is 0 Å². The van der Waals surface area contributed by atoms with E-state index in [0.717, 1.165) is 48.3 Å². The standard InChI is InChI=1S/C25H36O2/c1-3-24(2,25-8-6-15(13-25)7-9-25)14-27-23(26)20-12-18-11-19(20)22-17-5-4-16(10-17)21(18)22/h4-5,15-22H,3,6-14H2,1-2H3. The number of carbonyl (C=O) groups excluding carboxylic acids is 1. The third kappa shape index (κ3) is 2.16. The molecule has 0 aromatic heterocycles. The zero-order chi connectivity index (χ0) is 18.4. The van der Waals surface area contributed by atoms with Gasteiger partial charge in [0.05, 0.1) is 12.5 Å². The minimum absolute atomic E-state index is 0.163. The molecule has 0 saturated heterocycles. The van der Waals surface area contributed by atoms with E-state index in [2.05, 4.69) is 26.0 Å². The summed E-state index contributed by atoms with van der Waals surface area (Å²) in [5, 5.41) is 0. The van der Waals surface area contributed by atoms with Crippen LogP contribution in [0.25, 0.3) is 0 Å². The van der Waals surface area contributed by atoms with Crippen molar-refractivity contribution in [3.8, 4) is 0 Å². The van der Waals surface area contributed by atoms with Crippen LogP contribution in [0.5, 0.6) is 0 Å². The molecule has 6 bridgehead atoms. The second-order valence-corrected chi connectivity index (χ2v) is 11.6. The number of carbonyl (C=O) groups is 1. The van der Waals surface area contributed by atoms with Gasteiger partial charge < -0.3 is 4.74 Å². The zero-order valence-corrected chi connectivity index (χ0v) is 17.2. The van der Waals surface area contributed by atoms with E-state index >= 15 is 0 Å². The molecule has 6 rings (SSSR count). The molecular weight excluding hydrogens is 332 g/mol. The minimum atomic E-state index is 0.163. The third-order valence-electron chi connectivity index (χ3n) is 10.9. The first kappa shape index (κ1) is 17.1. The molecule has 8 unspecified atom stereocenters. The Hall–Kier alpha value is -0.790. The Bertz CT molecular complexity index is 672. The largest absolute Gasteiger partial charge is 0.465 e. The minimum Gasteiger partial charge on any atom is -0.465 e. The molecule has 148 valence electrons. The maximum atomic E-state index is 13.2. The van der Waals surface area contributed by atoms with E-state index in [9.17, 15) is 4.79 Å². The highest BCUT2D eigenvalue weighted by Gasteiger charge is 2.63. The van der Waals surface area contributed by atoms with Crippen LogP contribution in [0.4, 0.5) is 0 Å². The van der Waals surface area contributed by atoms with Crippen LogP contribution in [-0.2, 0) is 9.53 Å². The molecule has 0 aromatic rings. The van der Waals surface area contributed by atoms with Crippen LogP contribution in [-0.4, -0.2) is 12.6 Å². The number of ether oxygens (including phenoxy) is 1. The zero-order valence-electron chi connectivity index (χ0n) is 17.2. The molecule has 6 aliphatic carbocycles. The van der Waals surface area contributed by atoms with Gasteiger partial charge in [-0.15, -0.1) is 0 Å². The van der Waals surface area contributed by atoms with Gasteiger partial charge in [0.15, 0.2) is 0 Å². The van der Waals surface area contributed by atoms with Gasteiger partial charge in [0, 0.05) is 5.41 Å². The summed E-state index contributed by atoms with van der Waals surface area (Å²) in [7, 11) is 0. The van der Waals surface area contributed by atoms with Gasteiger partial charge in [-0.25, -0.2) is 0 Å². The van der Waals surface area contributed by atoms with Crippen molar-refractivity contribution in [1.82, 2.24) is 0 Å². The molecule has 6 aliphatic rings. The van der Waals surface area contributed by atoms with Crippen LogP contribution >= 0.6 is 0 Å². The SMILES string of the molecule is CCC(C)(COC(=O)C1CC2CC1C1C3C=CC(C3)C21)C12CCC(CC1)C2. The van der Waals surface area contributed by atoms with E-state index in [0.29, 0.717) is 17.9 Å². The van der Waals surface area contributed by atoms with Gasteiger partial charge in [-0.2, -0.15) is 0 Å². The van der Waals surface area contributed by atoms with Gasteiger partial charge in [0.1, 0.15) is 0 Å². The molecule has 2 heteroatoms. The fourth-order valence-electron chi connectivity index (χ4n) is 9.30. The summed E-state index contributed by atoms with van der Waals surface area (Å²) in [6.07, 6.45) is 16.9. The number of fused-ring (bicyclic) bond motifs is 11. The molecule has 0 heterocycles. The normalized spacial score (nSPS) is 53.1. The Morgan fingerprint density at radius 2 is 1.85 bits per heavy atom. The summed E-state index contributed by atoms with van der Waals surface area (Å²) in [4.78, 5) is 13.2. The molecule has 0 aromatic carbocycles. The average molecular weight is 369 g/mol. The lowest BCUT2D eigenvalue weighted by Gasteiger charge is -2.45. The quantitative estimate of drug-likeness (QED) is 0.358. The Kier molecular flexibility index (Phi) is 3.57. The predicted molar refractivity (Wildman–Crippen MR) is 106 cm³/mol. The third-order valence-corrected chi connectivity index (χ3v) is 10.9. The fraction of sp³-hybridized carbons (Fsp3) is 0.880. The van der Waals surface area contributed by atoms with Crippen molar-refractivity contribution in [2.45, 2.75) is 71.6 Å². The van der Waals surface area contributed by atoms with Crippen LogP contribution in [0.1, 0.15) is 71.6 Å². The second kappa shape index (κ2) is 5.63. The molecule has 8 atom stereocenters. The van der Waals surface area contributed by atoms with Gasteiger partial charge >= 0.3 is 5.97 Å². The highest BCUT2D eigenvalue weighted by atomic mass is 16.5. The highest BCUT2D eigenvalue weighted by Crippen LogP contribution is 2.67. The van der Waals surface area contributed by atoms with Crippen molar-refractivity contribution in [1.29, 1.82) is 0 Å². The maximum absolute atomic E-state index is 13.2. The Labute approximate surface area is 164 Å². The highest BCUT2D eigenvalue weighted by molar-refractivity contribution is 5.73. The first-order valence-electron chi connectivity index (χ1n) is 11.9. The Balaban J connectivity index is 1.14. The summed E-state index contributed by atoms with van der Waals surface area (Å²) >= 11 is 0. The molecule has 5 fully saturated rings. The lowest BCUT2D eigenvalue weighted by atomic mass is 9.61. The van der Waals surface area contributed by atoms with Crippen molar-refractivity contribution in [3.63, 3.8) is 0 Å². The number of rotatable bonds is 5. The van der Waals surface area contributed by atoms with E-state index in [4.69, 9.17) is 4.74 Å². The molecule has 0 radical (unpaired) electrons. The lowest BCUT2D eigenvalue weighted by molar-refractivity contribution is -0.159. The van der Waals surface area contributed by atoms with Crippen LogP contribution < -0.4 is 0 Å². The van der Waals surface area contributed by atoms with Crippen molar-refractivity contribution in [2.75, 3.05) is 6.61 Å². The van der Waals surface area contributed by atoms with E-state index in [1.165, 1.54) is 44.9 Å². The van der Waals surface area contributed by atoms with Crippen molar-refractivity contribution < 1.29 is 9.53 Å². The molecule has 5 saturated carbocycles. The van der Waals surface area contributed by atoms with E-state index in [1.54, 1.807) is 0 Å². The molecule has 0 aliphatic heterocycles. The van der Waals surface area contributed by atoms with Gasteiger partial charge in [-0.05, 0) is 105 Å². The lowest BCUT2D eigenvalue weighted by Crippen LogP contribution is -2.42. The second-order valence-electron chi connectivity index (χ2n) is 11.6. The first-order chi connectivity index (χ1) is 13.0. The number of esters is 1. The van der Waals surface area contributed by atoms with E-state index in [1.807, 2.05) is 0 Å². The first-order valence-corrected chi connectivity index (χ1v) is 11.9. The van der Waals surface area contributed by atoms with E-state index < -0.39 is 0 Å². The summed E-state index contributed by atoms with van der Waals surface area (Å²) in [5.74, 6) is 6.09. The maximum Gasteiger partial charge on any atom is 0.309 e. The van der Waals surface area contributed by atoms with Crippen LogP contribution in [0.2, 0.25) is 0 Å². The topological polar surface area (TPSA) is 26.3 Å². The van der Waals surface area contributed by atoms with Gasteiger partial charge in [0.25, 0.3) is 0 Å². The molecule has 0 amide bonds. The average Bonchev–Trinajstić information content (AvgIpc) is 3.51. The van der Waals surface area contributed by atoms with Gasteiger partial charge in [-0.3, -0.25) is 4.79 Å². The molecule has 2 nitrogen and oxygen atoms in total. The van der Waals surface area contributed by atoms with Crippen LogP contribution in [0, 0.1) is 58.2 Å². The Morgan fingerprint density at radius 1 is 1.11 bits per heavy atom. The monoisotopic (exact) mass is 368 g/mol. The number of hydrogen-bond acceptors (Lipinski definition) is 2. The Morgan fingerprint density at radius 3 is 2.52 bits per heavy atom. The van der Waals surface area contributed by atoms with Crippen molar-refractivity contribution >= 4 is 5.97 Å². The summed E-state index contributed by atoms with van der Waals surface area (Å²) in [5.41, 5.74) is 0.644. The van der Waals surface area contributed by atoms with E-state index in [-0.39, 0.29) is 17.3 Å². The number of allylic oxidation sites excluding steroid dienone is 2. The smallest absolute Gasteiger partial charge is 0.309 e. The van der Waals surface area contributed by atoms with Crippen molar-refractivity contribution in [3.05, 3.63) is 12.2 Å². The molecule has 27 heavy (non-hydrogen) atoms. The van der Waals surface area contributed by atoms with Crippen LogP contribution in [0.15, 0.2) is 12.2 Å². The molecular formula is C25H36O2. The predicted octanol–water partition coefficient (Wildman–Crippen LogP) is 5.62.